The highest BCUT2D eigenvalue weighted by atomic mass is 32.2. The molecule has 2 aromatic rings. The van der Waals surface area contributed by atoms with Gasteiger partial charge in [-0.05, 0) is 63.3 Å². The first-order chi connectivity index (χ1) is 13.7. The third-order valence-corrected chi connectivity index (χ3v) is 6.45. The van der Waals surface area contributed by atoms with Crippen molar-refractivity contribution in [2.75, 3.05) is 17.2 Å². The number of aromatic nitrogens is 1. The summed E-state index contributed by atoms with van der Waals surface area (Å²) in [4.78, 5) is 25.1. The summed E-state index contributed by atoms with van der Waals surface area (Å²) in [5, 5.41) is 14.6. The van der Waals surface area contributed by atoms with Crippen molar-refractivity contribution in [2.24, 2.45) is 7.05 Å². The lowest BCUT2D eigenvalue weighted by Gasteiger charge is -2.19. The van der Waals surface area contributed by atoms with E-state index in [4.69, 9.17) is 5.11 Å². The third-order valence-electron chi connectivity index (χ3n) is 5.12. The number of nitrogens with zero attached hydrogens (tertiary/aromatic N) is 1. The number of carbonyl (C=O) groups is 1. The van der Waals surface area contributed by atoms with Gasteiger partial charge in [-0.15, -0.1) is 0 Å². The Balaban J connectivity index is 1.86. The van der Waals surface area contributed by atoms with Crippen molar-refractivity contribution in [1.82, 2.24) is 4.57 Å². The van der Waals surface area contributed by atoms with Crippen molar-refractivity contribution < 1.29 is 14.3 Å². The van der Waals surface area contributed by atoms with Crippen LogP contribution in [0.2, 0.25) is 0 Å². The molecule has 8 heteroatoms. The molecule has 1 aliphatic rings. The van der Waals surface area contributed by atoms with Crippen LogP contribution in [0.5, 0.6) is 0 Å². The number of halogens is 1. The first-order valence-corrected chi connectivity index (χ1v) is 10.4. The Kier molecular flexibility index (Phi) is 6.33. The number of aliphatic hydroxyl groups is 1. The number of hydrogen-bond donors (Lipinski definition) is 3. The molecule has 6 nitrogen and oxygen atoms in total. The van der Waals surface area contributed by atoms with Crippen molar-refractivity contribution in [1.29, 1.82) is 0 Å². The standard InChI is InChI=1S/C21H26FN3O3S/c1-13-5-6-16(15(22)11-13)23-18-17(12-14(2)19(27)25(18)3)24-20(28)29-21(8-9-21)7-4-10-26/h5-6,11-12,23,26H,4,7-10H2,1-3H3,(H,24,28). The molecule has 1 aliphatic carbocycles. The van der Waals surface area contributed by atoms with Crippen LogP contribution in [0.25, 0.3) is 0 Å². The van der Waals surface area contributed by atoms with E-state index >= 15 is 0 Å². The van der Waals surface area contributed by atoms with E-state index in [1.54, 1.807) is 39.1 Å². The maximum absolute atomic E-state index is 14.3. The molecule has 0 radical (unpaired) electrons. The van der Waals surface area contributed by atoms with Crippen LogP contribution in [-0.4, -0.2) is 26.3 Å². The van der Waals surface area contributed by atoms with E-state index in [0.29, 0.717) is 23.5 Å². The Bertz CT molecular complexity index is 986. The van der Waals surface area contributed by atoms with E-state index in [1.807, 2.05) is 0 Å². The quantitative estimate of drug-likeness (QED) is 0.617. The second-order valence-corrected chi connectivity index (χ2v) is 9.03. The van der Waals surface area contributed by atoms with Crippen LogP contribution in [-0.2, 0) is 7.05 Å². The van der Waals surface area contributed by atoms with Crippen molar-refractivity contribution in [3.63, 3.8) is 0 Å². The van der Waals surface area contributed by atoms with E-state index in [-0.39, 0.29) is 27.8 Å². The molecule has 1 heterocycles. The number of carbonyl (C=O) groups excluding carboxylic acids is 1. The Morgan fingerprint density at radius 1 is 1.28 bits per heavy atom. The molecule has 1 amide bonds. The van der Waals surface area contributed by atoms with Gasteiger partial charge in [0.25, 0.3) is 10.8 Å². The molecule has 156 valence electrons. The van der Waals surface area contributed by atoms with Gasteiger partial charge in [0.05, 0.1) is 11.4 Å². The molecule has 0 saturated heterocycles. The lowest BCUT2D eigenvalue weighted by Crippen LogP contribution is -2.24. The minimum Gasteiger partial charge on any atom is -0.396 e. The molecule has 1 aromatic heterocycles. The number of hydrogen-bond acceptors (Lipinski definition) is 5. The number of amides is 1. The minimum atomic E-state index is -0.439. The summed E-state index contributed by atoms with van der Waals surface area (Å²) < 4.78 is 15.6. The molecule has 0 spiro atoms. The summed E-state index contributed by atoms with van der Waals surface area (Å²) in [6, 6.07) is 6.37. The van der Waals surface area contributed by atoms with Crippen molar-refractivity contribution >= 4 is 34.2 Å². The van der Waals surface area contributed by atoms with Crippen LogP contribution in [0.15, 0.2) is 29.1 Å². The first kappa shape index (κ1) is 21.4. The first-order valence-electron chi connectivity index (χ1n) is 9.59. The van der Waals surface area contributed by atoms with E-state index in [1.165, 1.54) is 22.4 Å². The van der Waals surface area contributed by atoms with Gasteiger partial charge in [0.1, 0.15) is 11.6 Å². The summed E-state index contributed by atoms with van der Waals surface area (Å²) in [5.41, 5.74) is 1.67. The zero-order valence-corrected chi connectivity index (χ0v) is 17.7. The molecule has 3 N–H and O–H groups in total. The highest BCUT2D eigenvalue weighted by Gasteiger charge is 2.44. The van der Waals surface area contributed by atoms with Gasteiger partial charge in [-0.2, -0.15) is 0 Å². The molecule has 0 atom stereocenters. The summed E-state index contributed by atoms with van der Waals surface area (Å²) in [6.45, 7) is 3.58. The number of benzene rings is 1. The van der Waals surface area contributed by atoms with Crippen molar-refractivity contribution in [2.45, 2.75) is 44.3 Å². The minimum absolute atomic E-state index is 0.111. The van der Waals surface area contributed by atoms with Gasteiger partial charge >= 0.3 is 0 Å². The van der Waals surface area contributed by atoms with E-state index < -0.39 is 5.82 Å². The molecular weight excluding hydrogens is 393 g/mol. The molecule has 1 aromatic carbocycles. The smallest absolute Gasteiger partial charge is 0.284 e. The topological polar surface area (TPSA) is 83.4 Å². The SMILES string of the molecule is Cc1ccc(Nc2c(NC(=O)SC3(CCCO)CC3)cc(C)c(=O)n2C)c(F)c1. The normalized spacial score (nSPS) is 14.5. The fourth-order valence-electron chi connectivity index (χ4n) is 3.26. The fourth-order valence-corrected chi connectivity index (χ4v) is 4.37. The van der Waals surface area contributed by atoms with E-state index in [9.17, 15) is 14.0 Å². The molecule has 1 saturated carbocycles. The zero-order valence-electron chi connectivity index (χ0n) is 16.8. The molecule has 0 aliphatic heterocycles. The Hall–Kier alpha value is -2.32. The highest BCUT2D eigenvalue weighted by Crippen LogP contribution is 2.52. The molecule has 29 heavy (non-hydrogen) atoms. The molecule has 3 rings (SSSR count). The van der Waals surface area contributed by atoms with Gasteiger partial charge in [0.15, 0.2) is 0 Å². The Morgan fingerprint density at radius 3 is 2.62 bits per heavy atom. The molecule has 0 unspecified atom stereocenters. The molecule has 1 fully saturated rings. The second kappa shape index (κ2) is 8.59. The number of thioether (sulfide) groups is 1. The second-order valence-electron chi connectivity index (χ2n) is 7.59. The predicted molar refractivity (Wildman–Crippen MR) is 116 cm³/mol. The van der Waals surface area contributed by atoms with Gasteiger partial charge in [0.2, 0.25) is 0 Å². The molecular formula is C21H26FN3O3S. The maximum atomic E-state index is 14.3. The highest BCUT2D eigenvalue weighted by molar-refractivity contribution is 8.15. The lowest BCUT2D eigenvalue weighted by atomic mass is 10.2. The summed E-state index contributed by atoms with van der Waals surface area (Å²) in [7, 11) is 1.58. The van der Waals surface area contributed by atoms with Crippen LogP contribution in [0, 0.1) is 19.7 Å². The van der Waals surface area contributed by atoms with Crippen molar-refractivity contribution in [3.8, 4) is 0 Å². The average molecular weight is 420 g/mol. The summed E-state index contributed by atoms with van der Waals surface area (Å²) >= 11 is 1.23. The van der Waals surface area contributed by atoms with Crippen LogP contribution in [0.1, 0.15) is 36.8 Å². The Morgan fingerprint density at radius 2 is 2.00 bits per heavy atom. The zero-order chi connectivity index (χ0) is 21.2. The number of pyridine rings is 1. The van der Waals surface area contributed by atoms with Gasteiger partial charge in [0, 0.05) is 24.0 Å². The number of nitrogens with one attached hydrogen (secondary N) is 2. The van der Waals surface area contributed by atoms with E-state index in [2.05, 4.69) is 10.6 Å². The van der Waals surface area contributed by atoms with Crippen LogP contribution in [0.3, 0.4) is 0 Å². The number of anilines is 3. The van der Waals surface area contributed by atoms with Gasteiger partial charge in [-0.25, -0.2) is 4.39 Å². The lowest BCUT2D eigenvalue weighted by molar-refractivity contribution is 0.269. The number of aryl methyl sites for hydroxylation is 2. The number of rotatable bonds is 7. The van der Waals surface area contributed by atoms with Crippen LogP contribution < -0.4 is 16.2 Å². The summed E-state index contributed by atoms with van der Waals surface area (Å²) in [5.74, 6) is -0.122. The largest absolute Gasteiger partial charge is 0.396 e. The van der Waals surface area contributed by atoms with Gasteiger partial charge < -0.3 is 15.7 Å². The molecule has 0 bridgehead atoms. The van der Waals surface area contributed by atoms with Crippen molar-refractivity contribution in [3.05, 3.63) is 51.6 Å². The monoisotopic (exact) mass is 419 g/mol. The average Bonchev–Trinajstić information content (AvgIpc) is 3.42. The maximum Gasteiger partial charge on any atom is 0.284 e. The van der Waals surface area contributed by atoms with Crippen LogP contribution in [0.4, 0.5) is 26.4 Å². The van der Waals surface area contributed by atoms with Crippen LogP contribution >= 0.6 is 11.8 Å². The Labute approximate surface area is 173 Å². The van der Waals surface area contributed by atoms with E-state index in [0.717, 1.165) is 24.8 Å². The number of aliphatic hydroxyl groups excluding tert-OH is 1. The fraction of sp³-hybridized carbons (Fsp3) is 0.429. The van der Waals surface area contributed by atoms with Gasteiger partial charge in [-0.3, -0.25) is 14.2 Å². The van der Waals surface area contributed by atoms with Gasteiger partial charge in [-0.1, -0.05) is 17.8 Å². The predicted octanol–water partition coefficient (Wildman–Crippen LogP) is 4.46. The third kappa shape index (κ3) is 5.00. The summed E-state index contributed by atoms with van der Waals surface area (Å²) in [6.07, 6.45) is 3.33.